The minimum absolute atomic E-state index is 0.233. The zero-order valence-electron chi connectivity index (χ0n) is 10.0. The summed E-state index contributed by atoms with van der Waals surface area (Å²) in [4.78, 5) is 0. The monoisotopic (exact) mass is 331 g/mol. The molecule has 1 aliphatic heterocycles. The average molecular weight is 333 g/mol. The Morgan fingerprint density at radius 1 is 1.15 bits per heavy atom. The average Bonchev–Trinajstić information content (AvgIpc) is 2.85. The second kappa shape index (κ2) is 5.24. The molecule has 2 heterocycles. The highest BCUT2D eigenvalue weighted by molar-refractivity contribution is 6.66. The van der Waals surface area contributed by atoms with Crippen LogP contribution in [0.25, 0.3) is 0 Å². The Kier molecular flexibility index (Phi) is 3.58. The van der Waals surface area contributed by atoms with Gasteiger partial charge in [-0.2, -0.15) is 0 Å². The van der Waals surface area contributed by atoms with Crippen LogP contribution in [0.3, 0.4) is 0 Å². The molecule has 3 rings (SSSR count). The molecule has 0 saturated carbocycles. The van der Waals surface area contributed by atoms with E-state index >= 15 is 0 Å². The van der Waals surface area contributed by atoms with Gasteiger partial charge in [-0.3, -0.25) is 0 Å². The van der Waals surface area contributed by atoms with Crippen LogP contribution in [-0.4, -0.2) is 22.2 Å². The summed E-state index contributed by atoms with van der Waals surface area (Å²) in [6.45, 7) is 0.233. The van der Waals surface area contributed by atoms with Gasteiger partial charge in [-0.25, -0.2) is 0 Å². The molecule has 1 aromatic heterocycles. The lowest BCUT2D eigenvalue weighted by Gasteiger charge is -2.13. The number of aromatic nitrogens is 3. The van der Waals surface area contributed by atoms with Gasteiger partial charge in [-0.15, -0.1) is 10.2 Å². The predicted octanol–water partition coefficient (Wildman–Crippen LogP) is 3.02. The molecule has 0 aliphatic carbocycles. The van der Waals surface area contributed by atoms with Crippen LogP contribution in [0.5, 0.6) is 11.5 Å². The van der Waals surface area contributed by atoms with Crippen LogP contribution in [0, 0.1) is 0 Å². The number of fused-ring (bicyclic) bond motifs is 1. The van der Waals surface area contributed by atoms with Crippen LogP contribution in [0.1, 0.15) is 16.8 Å². The largest absolute Gasteiger partial charge is 0.454 e. The van der Waals surface area contributed by atoms with Crippen molar-refractivity contribution >= 4 is 34.8 Å². The van der Waals surface area contributed by atoms with Crippen LogP contribution in [-0.2, 0) is 10.2 Å². The third-order valence-electron chi connectivity index (χ3n) is 2.81. The normalized spacial score (nSPS) is 13.6. The summed E-state index contributed by atoms with van der Waals surface area (Å²) in [5.74, 6) is 1.43. The molecule has 0 radical (unpaired) electrons. The van der Waals surface area contributed by atoms with Gasteiger partial charge in [0.2, 0.25) is 10.6 Å². The first-order valence-electron chi connectivity index (χ1n) is 5.67. The minimum Gasteiger partial charge on any atom is -0.454 e. The minimum atomic E-state index is -1.64. The van der Waals surface area contributed by atoms with E-state index in [1.54, 1.807) is 0 Å². The molecule has 0 saturated heterocycles. The fourth-order valence-corrected chi connectivity index (χ4v) is 2.41. The van der Waals surface area contributed by atoms with Gasteiger partial charge in [0.05, 0.1) is 6.20 Å². The van der Waals surface area contributed by atoms with Crippen LogP contribution >= 0.6 is 34.8 Å². The summed E-state index contributed by atoms with van der Waals surface area (Å²) in [6, 6.07) is 5.63. The van der Waals surface area contributed by atoms with E-state index in [0.29, 0.717) is 17.7 Å². The number of ether oxygens (including phenoxy) is 2. The topological polar surface area (TPSA) is 57.1 Å². The molecular weight excluding hydrogens is 325 g/mol. The van der Waals surface area contributed by atoms with Gasteiger partial charge < -0.3 is 9.47 Å². The second-order valence-corrected chi connectivity index (χ2v) is 6.45. The number of hydrogen-bond donors (Lipinski definition) is 0. The van der Waals surface area contributed by atoms with Crippen molar-refractivity contribution in [3.63, 3.8) is 0 Å². The summed E-state index contributed by atoms with van der Waals surface area (Å²) >= 11 is 17.6. The smallest absolute Gasteiger partial charge is 0.234 e. The van der Waals surface area contributed by atoms with E-state index in [1.165, 1.54) is 6.20 Å². The molecule has 0 spiro atoms. The zero-order valence-corrected chi connectivity index (χ0v) is 12.3. The van der Waals surface area contributed by atoms with E-state index in [0.717, 1.165) is 11.3 Å². The maximum absolute atomic E-state index is 5.88. The number of nitrogens with zero attached hydrogens (tertiary/aromatic N) is 3. The van der Waals surface area contributed by atoms with Gasteiger partial charge in [-0.1, -0.05) is 40.9 Å². The summed E-state index contributed by atoms with van der Waals surface area (Å²) < 4.78 is 8.95. The van der Waals surface area contributed by atoms with Crippen molar-refractivity contribution in [1.29, 1.82) is 0 Å². The van der Waals surface area contributed by atoms with Gasteiger partial charge in [-0.05, 0) is 22.9 Å². The Balaban J connectivity index is 1.92. The fourth-order valence-electron chi connectivity index (χ4n) is 1.93. The maximum atomic E-state index is 5.88. The molecule has 5 nitrogen and oxygen atoms in total. The molecule has 2 aromatic rings. The lowest BCUT2D eigenvalue weighted by Crippen LogP contribution is -2.11. The van der Waals surface area contributed by atoms with E-state index < -0.39 is 3.79 Å². The molecule has 0 fully saturated rings. The molecule has 20 heavy (non-hydrogen) atoms. The molecule has 1 aromatic carbocycles. The summed E-state index contributed by atoms with van der Waals surface area (Å²) in [5.41, 5.74) is 1.94. The van der Waals surface area contributed by atoms with Crippen LogP contribution in [0.15, 0.2) is 24.4 Å². The number of hydrogen-bond acceptors (Lipinski definition) is 5. The third-order valence-corrected chi connectivity index (χ3v) is 3.35. The van der Waals surface area contributed by atoms with Crippen molar-refractivity contribution in [3.8, 4) is 11.5 Å². The van der Waals surface area contributed by atoms with E-state index in [1.807, 2.05) is 18.2 Å². The summed E-state index contributed by atoms with van der Waals surface area (Å²) in [5, 5.41) is 11.1. The Labute approximate surface area is 129 Å². The number of rotatable bonds is 2. The van der Waals surface area contributed by atoms with Crippen molar-refractivity contribution in [2.75, 3.05) is 6.79 Å². The zero-order chi connectivity index (χ0) is 14.2. The Morgan fingerprint density at radius 2 is 1.95 bits per heavy atom. The molecule has 0 unspecified atom stereocenters. The van der Waals surface area contributed by atoms with E-state index in [2.05, 4.69) is 15.4 Å². The molecule has 8 heteroatoms. The standard InChI is InChI=1S/C12H8Cl3N3O2/c13-12(14,15)11-8(5-16-18-17-11)3-7-1-2-9-10(4-7)20-6-19-9/h1-2,4-5H,3,6H2. The SMILES string of the molecule is ClC(Cl)(Cl)c1nnncc1Cc1ccc2c(c1)OCO2. The van der Waals surface area contributed by atoms with Gasteiger partial charge >= 0.3 is 0 Å². The van der Waals surface area contributed by atoms with Crippen molar-refractivity contribution in [3.05, 3.63) is 41.2 Å². The third kappa shape index (κ3) is 2.75. The Bertz CT molecular complexity index is 646. The van der Waals surface area contributed by atoms with Crippen LogP contribution in [0.4, 0.5) is 0 Å². The van der Waals surface area contributed by atoms with Crippen LogP contribution < -0.4 is 9.47 Å². The van der Waals surface area contributed by atoms with Gasteiger partial charge in [0, 0.05) is 12.0 Å². The summed E-state index contributed by atoms with van der Waals surface area (Å²) in [6.07, 6.45) is 2.04. The van der Waals surface area contributed by atoms with Crippen molar-refractivity contribution in [2.45, 2.75) is 10.2 Å². The van der Waals surface area contributed by atoms with Gasteiger partial charge in [0.25, 0.3) is 0 Å². The highest BCUT2D eigenvalue weighted by Crippen LogP contribution is 2.39. The van der Waals surface area contributed by atoms with Gasteiger partial charge in [0.1, 0.15) is 5.69 Å². The van der Waals surface area contributed by atoms with E-state index in [4.69, 9.17) is 44.3 Å². The Hall–Kier alpha value is -1.30. The van der Waals surface area contributed by atoms with Gasteiger partial charge in [0.15, 0.2) is 11.5 Å². The van der Waals surface area contributed by atoms with Crippen molar-refractivity contribution < 1.29 is 9.47 Å². The maximum Gasteiger partial charge on any atom is 0.234 e. The molecule has 0 amide bonds. The van der Waals surface area contributed by atoms with Crippen molar-refractivity contribution in [2.24, 2.45) is 0 Å². The van der Waals surface area contributed by atoms with E-state index in [-0.39, 0.29) is 12.5 Å². The van der Waals surface area contributed by atoms with Crippen LogP contribution in [0.2, 0.25) is 0 Å². The fraction of sp³-hybridized carbons (Fsp3) is 0.250. The van der Waals surface area contributed by atoms with Crippen molar-refractivity contribution in [1.82, 2.24) is 15.4 Å². The first-order valence-corrected chi connectivity index (χ1v) is 6.80. The Morgan fingerprint density at radius 3 is 2.75 bits per heavy atom. The summed E-state index contributed by atoms with van der Waals surface area (Å²) in [7, 11) is 0. The lowest BCUT2D eigenvalue weighted by molar-refractivity contribution is 0.174. The lowest BCUT2D eigenvalue weighted by atomic mass is 10.0. The molecule has 0 N–H and O–H groups in total. The second-order valence-electron chi connectivity index (χ2n) is 4.17. The highest BCUT2D eigenvalue weighted by Gasteiger charge is 2.29. The molecule has 1 aliphatic rings. The quantitative estimate of drug-likeness (QED) is 0.791. The molecular formula is C12H8Cl3N3O2. The molecule has 104 valence electrons. The number of halogens is 3. The number of alkyl halides is 3. The number of benzene rings is 1. The first kappa shape index (κ1) is 13.7. The van der Waals surface area contributed by atoms with E-state index in [9.17, 15) is 0 Å². The molecule has 0 bridgehead atoms. The molecule has 0 atom stereocenters. The highest BCUT2D eigenvalue weighted by atomic mass is 35.6. The first-order chi connectivity index (χ1) is 9.54. The predicted molar refractivity (Wildman–Crippen MR) is 74.4 cm³/mol.